The fourth-order valence-corrected chi connectivity index (χ4v) is 9.22. The highest BCUT2D eigenvalue weighted by molar-refractivity contribution is 6.17. The highest BCUT2D eigenvalue weighted by Gasteiger charge is 2.22. The van der Waals surface area contributed by atoms with Gasteiger partial charge in [-0.25, -0.2) is 0 Å². The number of benzene rings is 10. The first-order chi connectivity index (χ1) is 29.3. The number of anilines is 3. The lowest BCUT2D eigenvalue weighted by Gasteiger charge is -2.27. The largest absolute Gasteiger partial charge is 0.455 e. The van der Waals surface area contributed by atoms with Gasteiger partial charge in [-0.05, 0) is 111 Å². The Labute approximate surface area is 341 Å². The molecular formula is C56H36N2O. The van der Waals surface area contributed by atoms with E-state index in [1.165, 1.54) is 54.5 Å². The number of furan rings is 1. The van der Waals surface area contributed by atoms with Crippen molar-refractivity contribution >= 4 is 82.4 Å². The van der Waals surface area contributed by atoms with Gasteiger partial charge in [0.05, 0.1) is 22.1 Å². The van der Waals surface area contributed by atoms with Crippen LogP contribution < -0.4 is 4.90 Å². The fraction of sp³-hybridized carbons (Fsp3) is 0. The fourth-order valence-electron chi connectivity index (χ4n) is 9.22. The third-order valence-corrected chi connectivity index (χ3v) is 12.0. The van der Waals surface area contributed by atoms with Crippen LogP contribution in [-0.4, -0.2) is 4.57 Å². The number of rotatable bonds is 6. The minimum absolute atomic E-state index is 0.866. The number of fused-ring (bicyclic) bond motifs is 9. The predicted molar refractivity (Wildman–Crippen MR) is 249 cm³/mol. The second kappa shape index (κ2) is 13.4. The molecule has 0 bridgehead atoms. The third-order valence-electron chi connectivity index (χ3n) is 12.0. The normalized spacial score (nSPS) is 11.7. The van der Waals surface area contributed by atoms with Crippen molar-refractivity contribution in [2.45, 2.75) is 0 Å². The van der Waals surface area contributed by atoms with Crippen LogP contribution in [0.3, 0.4) is 0 Å². The van der Waals surface area contributed by atoms with Crippen LogP contribution in [0, 0.1) is 0 Å². The lowest BCUT2D eigenvalue weighted by atomic mass is 9.97. The second-order valence-electron chi connectivity index (χ2n) is 15.3. The minimum atomic E-state index is 0.866. The smallest absolute Gasteiger partial charge is 0.145 e. The summed E-state index contributed by atoms with van der Waals surface area (Å²) >= 11 is 0. The van der Waals surface area contributed by atoms with Gasteiger partial charge in [0.1, 0.15) is 11.2 Å². The van der Waals surface area contributed by atoms with Crippen LogP contribution in [0.4, 0.5) is 17.1 Å². The highest BCUT2D eigenvalue weighted by Crippen LogP contribution is 2.46. The molecule has 0 aliphatic carbocycles. The van der Waals surface area contributed by atoms with Gasteiger partial charge in [0.2, 0.25) is 0 Å². The lowest BCUT2D eigenvalue weighted by molar-refractivity contribution is 0.670. The first-order valence-corrected chi connectivity index (χ1v) is 20.2. The summed E-state index contributed by atoms with van der Waals surface area (Å²) < 4.78 is 9.19. The summed E-state index contributed by atoms with van der Waals surface area (Å²) in [5.41, 5.74) is 13.0. The van der Waals surface area contributed by atoms with Crippen molar-refractivity contribution < 1.29 is 4.42 Å². The van der Waals surface area contributed by atoms with E-state index in [0.29, 0.717) is 0 Å². The average Bonchev–Trinajstić information content (AvgIpc) is 3.86. The molecule has 0 amide bonds. The molecule has 12 rings (SSSR count). The summed E-state index contributed by atoms with van der Waals surface area (Å²) in [6.45, 7) is 0. The Balaban J connectivity index is 0.976. The topological polar surface area (TPSA) is 21.3 Å². The van der Waals surface area contributed by atoms with Gasteiger partial charge in [0, 0.05) is 38.8 Å². The summed E-state index contributed by atoms with van der Waals surface area (Å²) in [7, 11) is 0. The zero-order valence-corrected chi connectivity index (χ0v) is 32.1. The van der Waals surface area contributed by atoms with Crippen molar-refractivity contribution in [3.63, 3.8) is 0 Å². The maximum Gasteiger partial charge on any atom is 0.145 e. The molecule has 0 saturated carbocycles. The Kier molecular flexibility index (Phi) is 7.54. The van der Waals surface area contributed by atoms with Gasteiger partial charge in [-0.2, -0.15) is 0 Å². The van der Waals surface area contributed by atoms with E-state index < -0.39 is 0 Å². The van der Waals surface area contributed by atoms with Gasteiger partial charge in [0.25, 0.3) is 0 Å². The Hall–Kier alpha value is -7.88. The number of hydrogen-bond acceptors (Lipinski definition) is 2. The standard InChI is InChI=1S/C56H36N2O/c1-2-13-42(14-3-1)57(43-29-24-37(25-30-43)40-28-33-46-41(36-40)23-22-38-12-4-5-15-45(38)46)53-35-34-47(56-55(53)50-18-8-11-21-54(50)59-56)39-26-31-44(32-27-39)58-51-19-9-6-16-48(51)49-17-7-10-20-52(49)58/h1-36H. The van der Waals surface area contributed by atoms with Crippen LogP contribution in [0.1, 0.15) is 0 Å². The summed E-state index contributed by atoms with van der Waals surface area (Å²) in [5.74, 6) is 0. The summed E-state index contributed by atoms with van der Waals surface area (Å²) in [5, 5.41) is 9.75. The van der Waals surface area contributed by atoms with Crippen LogP contribution in [0.15, 0.2) is 223 Å². The summed E-state index contributed by atoms with van der Waals surface area (Å²) in [4.78, 5) is 2.36. The molecule has 3 heteroatoms. The van der Waals surface area contributed by atoms with Crippen LogP contribution in [0.25, 0.3) is 93.2 Å². The van der Waals surface area contributed by atoms with Crippen molar-refractivity contribution in [2.24, 2.45) is 0 Å². The Morgan fingerprint density at radius 3 is 1.71 bits per heavy atom. The van der Waals surface area contributed by atoms with Crippen molar-refractivity contribution in [1.29, 1.82) is 0 Å². The monoisotopic (exact) mass is 752 g/mol. The quantitative estimate of drug-likeness (QED) is 0.158. The number of aromatic nitrogens is 1. The van der Waals surface area contributed by atoms with E-state index in [-0.39, 0.29) is 0 Å². The molecule has 0 radical (unpaired) electrons. The molecular weight excluding hydrogens is 717 g/mol. The number of para-hydroxylation sites is 4. The van der Waals surface area contributed by atoms with Crippen LogP contribution >= 0.6 is 0 Å². The van der Waals surface area contributed by atoms with E-state index in [9.17, 15) is 0 Å². The molecule has 276 valence electrons. The molecule has 0 saturated heterocycles. The molecule has 0 aliphatic rings. The molecule has 0 aliphatic heterocycles. The predicted octanol–water partition coefficient (Wildman–Crippen LogP) is 15.8. The Morgan fingerprint density at radius 2 is 0.949 bits per heavy atom. The Bertz CT molecular complexity index is 3490. The van der Waals surface area contributed by atoms with Crippen LogP contribution in [-0.2, 0) is 0 Å². The molecule has 0 unspecified atom stereocenters. The molecule has 0 atom stereocenters. The van der Waals surface area contributed by atoms with Gasteiger partial charge < -0.3 is 13.9 Å². The zero-order valence-electron chi connectivity index (χ0n) is 32.1. The molecule has 0 N–H and O–H groups in total. The Morgan fingerprint density at radius 1 is 0.373 bits per heavy atom. The maximum absolute atomic E-state index is 6.83. The van der Waals surface area contributed by atoms with E-state index in [1.807, 2.05) is 6.07 Å². The maximum atomic E-state index is 6.83. The van der Waals surface area contributed by atoms with Gasteiger partial charge in [-0.3, -0.25) is 0 Å². The van der Waals surface area contributed by atoms with Crippen molar-refractivity contribution in [3.8, 4) is 27.9 Å². The highest BCUT2D eigenvalue weighted by atomic mass is 16.3. The first kappa shape index (κ1) is 33.3. The van der Waals surface area contributed by atoms with E-state index in [1.54, 1.807) is 0 Å². The minimum Gasteiger partial charge on any atom is -0.455 e. The summed E-state index contributed by atoms with van der Waals surface area (Å²) in [6, 6.07) is 78.5. The second-order valence-corrected chi connectivity index (χ2v) is 15.3. The van der Waals surface area contributed by atoms with E-state index in [4.69, 9.17) is 4.42 Å². The first-order valence-electron chi connectivity index (χ1n) is 20.2. The number of hydrogen-bond donors (Lipinski definition) is 0. The summed E-state index contributed by atoms with van der Waals surface area (Å²) in [6.07, 6.45) is 0. The third kappa shape index (κ3) is 5.36. The van der Waals surface area contributed by atoms with Gasteiger partial charge in [0.15, 0.2) is 0 Å². The van der Waals surface area contributed by atoms with E-state index >= 15 is 0 Å². The lowest BCUT2D eigenvalue weighted by Crippen LogP contribution is -2.10. The molecule has 3 nitrogen and oxygen atoms in total. The van der Waals surface area contributed by atoms with E-state index in [0.717, 1.165) is 55.8 Å². The van der Waals surface area contributed by atoms with Crippen molar-refractivity contribution in [1.82, 2.24) is 4.57 Å². The van der Waals surface area contributed by atoms with Gasteiger partial charge in [-0.15, -0.1) is 0 Å². The van der Waals surface area contributed by atoms with Gasteiger partial charge in [-0.1, -0.05) is 146 Å². The zero-order chi connectivity index (χ0) is 38.9. The molecule has 12 aromatic rings. The van der Waals surface area contributed by atoms with Crippen LogP contribution in [0.5, 0.6) is 0 Å². The van der Waals surface area contributed by atoms with Gasteiger partial charge >= 0.3 is 0 Å². The molecule has 2 heterocycles. The van der Waals surface area contributed by atoms with Crippen molar-refractivity contribution in [3.05, 3.63) is 218 Å². The molecule has 10 aromatic carbocycles. The molecule has 59 heavy (non-hydrogen) atoms. The molecule has 0 fully saturated rings. The molecule has 2 aromatic heterocycles. The average molecular weight is 753 g/mol. The SMILES string of the molecule is c1ccc(N(c2ccc(-c3ccc4c(ccc5ccccc54)c3)cc2)c2ccc(-c3ccc(-n4c5ccccc5c5ccccc54)cc3)c3oc4ccccc4c23)cc1. The van der Waals surface area contributed by atoms with Crippen molar-refractivity contribution in [2.75, 3.05) is 4.90 Å². The van der Waals surface area contributed by atoms with Crippen LogP contribution in [0.2, 0.25) is 0 Å². The van der Waals surface area contributed by atoms with E-state index in [2.05, 4.69) is 222 Å². The molecule has 0 spiro atoms. The number of nitrogens with zero attached hydrogens (tertiary/aromatic N) is 2.